The lowest BCUT2D eigenvalue weighted by atomic mass is 10.3. The van der Waals surface area contributed by atoms with E-state index in [4.69, 9.17) is 0 Å². The molecule has 0 radical (unpaired) electrons. The lowest BCUT2D eigenvalue weighted by Gasteiger charge is -2.04. The van der Waals surface area contributed by atoms with E-state index in [2.05, 4.69) is 9.97 Å². The Hall–Kier alpha value is -2.43. The van der Waals surface area contributed by atoms with Crippen molar-refractivity contribution in [3.05, 3.63) is 36.7 Å². The summed E-state index contributed by atoms with van der Waals surface area (Å²) in [7, 11) is 0. The van der Waals surface area contributed by atoms with E-state index in [-0.39, 0.29) is 11.8 Å². The third-order valence-corrected chi connectivity index (χ3v) is 2.51. The van der Waals surface area contributed by atoms with Gasteiger partial charge in [0.2, 0.25) is 0 Å². The first-order valence-corrected chi connectivity index (χ1v) is 4.79. The number of aromatic amines is 1. The first-order chi connectivity index (χ1) is 7.77. The molecule has 0 unspecified atom stereocenters. The molecule has 0 bridgehead atoms. The lowest BCUT2D eigenvalue weighted by Crippen LogP contribution is -1.90. The zero-order valence-electron chi connectivity index (χ0n) is 8.25. The zero-order valence-corrected chi connectivity index (χ0v) is 8.25. The van der Waals surface area contributed by atoms with Crippen molar-refractivity contribution in [2.24, 2.45) is 0 Å². The zero-order chi connectivity index (χ0) is 11.1. The molecule has 0 spiro atoms. The maximum atomic E-state index is 9.63. The molecule has 5 nitrogen and oxygen atoms in total. The Labute approximate surface area is 90.6 Å². The number of nitrogens with zero attached hydrogens (tertiary/aromatic N) is 2. The standard InChI is InChI=1S/C11H9N3O2/c15-9-3-4-10(16)14(9)8-6-13-11-7(8)2-1-5-12-11/h1-6,15-16H,(H,12,13). The molecular weight excluding hydrogens is 206 g/mol. The number of fused-ring (bicyclic) bond motifs is 1. The second-order valence-electron chi connectivity index (χ2n) is 3.46. The van der Waals surface area contributed by atoms with E-state index < -0.39 is 0 Å². The highest BCUT2D eigenvalue weighted by molar-refractivity contribution is 5.85. The van der Waals surface area contributed by atoms with Crippen molar-refractivity contribution >= 4 is 11.0 Å². The van der Waals surface area contributed by atoms with Crippen LogP contribution in [0.25, 0.3) is 16.7 Å². The normalized spacial score (nSPS) is 11.0. The Kier molecular flexibility index (Phi) is 1.67. The van der Waals surface area contributed by atoms with Crippen molar-refractivity contribution < 1.29 is 10.2 Å². The van der Waals surface area contributed by atoms with E-state index in [0.29, 0.717) is 11.3 Å². The fourth-order valence-corrected chi connectivity index (χ4v) is 1.79. The minimum Gasteiger partial charge on any atom is -0.494 e. The van der Waals surface area contributed by atoms with Gasteiger partial charge in [-0.05, 0) is 12.1 Å². The summed E-state index contributed by atoms with van der Waals surface area (Å²) >= 11 is 0. The number of hydrogen-bond acceptors (Lipinski definition) is 3. The summed E-state index contributed by atoms with van der Waals surface area (Å²) in [5.41, 5.74) is 1.38. The number of nitrogens with one attached hydrogen (secondary N) is 1. The minimum atomic E-state index is -0.0118. The van der Waals surface area contributed by atoms with Crippen LogP contribution in [0, 0.1) is 0 Å². The minimum absolute atomic E-state index is 0.0118. The van der Waals surface area contributed by atoms with Crippen LogP contribution in [0.2, 0.25) is 0 Å². The quantitative estimate of drug-likeness (QED) is 0.579. The van der Waals surface area contributed by atoms with E-state index in [9.17, 15) is 10.2 Å². The van der Waals surface area contributed by atoms with Gasteiger partial charge in [-0.2, -0.15) is 0 Å². The van der Waals surface area contributed by atoms with Crippen LogP contribution < -0.4 is 0 Å². The molecule has 0 saturated heterocycles. The smallest absolute Gasteiger partial charge is 0.198 e. The average molecular weight is 215 g/mol. The molecule has 0 aromatic carbocycles. The molecule has 3 aromatic heterocycles. The van der Waals surface area contributed by atoms with Crippen LogP contribution in [-0.4, -0.2) is 24.7 Å². The fourth-order valence-electron chi connectivity index (χ4n) is 1.79. The van der Waals surface area contributed by atoms with Crippen molar-refractivity contribution in [2.45, 2.75) is 0 Å². The fraction of sp³-hybridized carbons (Fsp3) is 0. The summed E-state index contributed by atoms with van der Waals surface area (Å²) in [6.07, 6.45) is 3.37. The predicted octanol–water partition coefficient (Wildman–Crippen LogP) is 1.76. The number of aromatic nitrogens is 3. The topological polar surface area (TPSA) is 74.1 Å². The first kappa shape index (κ1) is 8.84. The second kappa shape index (κ2) is 3.03. The largest absolute Gasteiger partial charge is 0.494 e. The maximum absolute atomic E-state index is 9.63. The van der Waals surface area contributed by atoms with Gasteiger partial charge in [0.1, 0.15) is 5.65 Å². The Bertz CT molecular complexity index is 635. The van der Waals surface area contributed by atoms with Crippen LogP contribution in [0.5, 0.6) is 11.8 Å². The van der Waals surface area contributed by atoms with Crippen molar-refractivity contribution in [1.82, 2.24) is 14.5 Å². The van der Waals surface area contributed by atoms with Crippen LogP contribution in [0.3, 0.4) is 0 Å². The summed E-state index contributed by atoms with van der Waals surface area (Å²) in [6.45, 7) is 0. The summed E-state index contributed by atoms with van der Waals surface area (Å²) in [4.78, 5) is 7.12. The summed E-state index contributed by atoms with van der Waals surface area (Å²) < 4.78 is 1.35. The monoisotopic (exact) mass is 215 g/mol. The van der Waals surface area contributed by atoms with Gasteiger partial charge < -0.3 is 15.2 Å². The molecule has 0 aliphatic carbocycles. The molecule has 3 rings (SSSR count). The summed E-state index contributed by atoms with van der Waals surface area (Å²) in [5, 5.41) is 20.1. The van der Waals surface area contributed by atoms with Crippen LogP contribution in [0.1, 0.15) is 0 Å². The van der Waals surface area contributed by atoms with Gasteiger partial charge in [0.25, 0.3) is 0 Å². The van der Waals surface area contributed by atoms with Crippen molar-refractivity contribution in [2.75, 3.05) is 0 Å². The number of pyridine rings is 1. The highest BCUT2D eigenvalue weighted by Crippen LogP contribution is 2.30. The lowest BCUT2D eigenvalue weighted by molar-refractivity contribution is 0.403. The molecule has 3 N–H and O–H groups in total. The molecule has 5 heteroatoms. The predicted molar refractivity (Wildman–Crippen MR) is 58.8 cm³/mol. The van der Waals surface area contributed by atoms with Crippen LogP contribution in [0.4, 0.5) is 0 Å². The van der Waals surface area contributed by atoms with Crippen molar-refractivity contribution in [3.8, 4) is 17.4 Å². The molecule has 80 valence electrons. The molecular formula is C11H9N3O2. The third-order valence-electron chi connectivity index (χ3n) is 2.51. The molecule has 0 atom stereocenters. The van der Waals surface area contributed by atoms with Gasteiger partial charge in [0.05, 0.1) is 5.69 Å². The molecule has 3 aromatic rings. The summed E-state index contributed by atoms with van der Waals surface area (Å²) in [6, 6.07) is 6.54. The Morgan fingerprint density at radius 3 is 2.62 bits per heavy atom. The van der Waals surface area contributed by atoms with Crippen LogP contribution in [-0.2, 0) is 0 Å². The van der Waals surface area contributed by atoms with Gasteiger partial charge in [-0.25, -0.2) is 9.55 Å². The van der Waals surface area contributed by atoms with Crippen LogP contribution >= 0.6 is 0 Å². The Morgan fingerprint density at radius 2 is 1.88 bits per heavy atom. The summed E-state index contributed by atoms with van der Waals surface area (Å²) in [5.74, 6) is -0.0236. The Morgan fingerprint density at radius 1 is 1.12 bits per heavy atom. The Balaban J connectivity index is 2.35. The number of H-pyrrole nitrogens is 1. The number of hydrogen-bond donors (Lipinski definition) is 3. The van der Waals surface area contributed by atoms with Gasteiger partial charge in [-0.15, -0.1) is 0 Å². The molecule has 0 saturated carbocycles. The second-order valence-corrected chi connectivity index (χ2v) is 3.46. The maximum Gasteiger partial charge on any atom is 0.198 e. The molecule has 16 heavy (non-hydrogen) atoms. The average Bonchev–Trinajstić information content (AvgIpc) is 2.83. The highest BCUT2D eigenvalue weighted by Gasteiger charge is 2.12. The van der Waals surface area contributed by atoms with E-state index in [1.807, 2.05) is 6.07 Å². The van der Waals surface area contributed by atoms with Crippen molar-refractivity contribution in [1.29, 1.82) is 0 Å². The van der Waals surface area contributed by atoms with E-state index >= 15 is 0 Å². The molecule has 0 amide bonds. The molecule has 0 fully saturated rings. The first-order valence-electron chi connectivity index (χ1n) is 4.79. The van der Waals surface area contributed by atoms with Gasteiger partial charge in [0, 0.05) is 29.9 Å². The van der Waals surface area contributed by atoms with Gasteiger partial charge in [-0.1, -0.05) is 0 Å². The number of aromatic hydroxyl groups is 2. The third kappa shape index (κ3) is 1.08. The number of rotatable bonds is 1. The molecule has 0 aliphatic rings. The van der Waals surface area contributed by atoms with Crippen LogP contribution in [0.15, 0.2) is 36.7 Å². The molecule has 3 heterocycles. The van der Waals surface area contributed by atoms with Gasteiger partial charge in [0.15, 0.2) is 11.8 Å². The molecule has 0 aliphatic heterocycles. The van der Waals surface area contributed by atoms with E-state index in [1.165, 1.54) is 16.7 Å². The highest BCUT2D eigenvalue weighted by atomic mass is 16.3. The van der Waals surface area contributed by atoms with Gasteiger partial charge >= 0.3 is 0 Å². The van der Waals surface area contributed by atoms with E-state index in [0.717, 1.165) is 5.39 Å². The SMILES string of the molecule is Oc1ccc(O)n1-c1c[nH]c2ncccc12. The van der Waals surface area contributed by atoms with Gasteiger partial charge in [-0.3, -0.25) is 0 Å². The van der Waals surface area contributed by atoms with Crippen molar-refractivity contribution in [3.63, 3.8) is 0 Å². The van der Waals surface area contributed by atoms with E-state index in [1.54, 1.807) is 18.5 Å².